The van der Waals surface area contributed by atoms with Gasteiger partial charge in [-0.25, -0.2) is 13.8 Å². The van der Waals surface area contributed by atoms with Gasteiger partial charge in [0.2, 0.25) is 0 Å². The molecule has 0 bridgehead atoms. The molecule has 0 aliphatic carbocycles. The zero-order valence-corrected chi connectivity index (χ0v) is 18.1. The van der Waals surface area contributed by atoms with Crippen LogP contribution in [0.1, 0.15) is 22.4 Å². The first-order chi connectivity index (χ1) is 15.0. The molecule has 5 rings (SSSR count). The van der Waals surface area contributed by atoms with Gasteiger partial charge in [0.05, 0.1) is 16.9 Å². The van der Waals surface area contributed by atoms with E-state index in [0.29, 0.717) is 5.69 Å². The van der Waals surface area contributed by atoms with Crippen molar-refractivity contribution >= 4 is 33.5 Å². The van der Waals surface area contributed by atoms with Crippen LogP contribution >= 0.6 is 11.3 Å². The monoisotopic (exact) mass is 438 g/mol. The summed E-state index contributed by atoms with van der Waals surface area (Å²) in [6.07, 6.45) is 1.74. The van der Waals surface area contributed by atoms with E-state index in [1.807, 2.05) is 6.07 Å². The molecular formula is C24H24F2N4S. The molecule has 1 saturated heterocycles. The molecule has 0 saturated carbocycles. The van der Waals surface area contributed by atoms with E-state index in [1.54, 1.807) is 29.5 Å². The van der Waals surface area contributed by atoms with Gasteiger partial charge in [0, 0.05) is 30.6 Å². The number of hydrogen-bond donors (Lipinski definition) is 2. The zero-order valence-electron chi connectivity index (χ0n) is 17.3. The molecule has 7 heteroatoms. The number of nitrogens with zero attached hydrogens (tertiary/aromatic N) is 2. The molecule has 160 valence electrons. The van der Waals surface area contributed by atoms with E-state index in [-0.39, 0.29) is 17.7 Å². The van der Waals surface area contributed by atoms with Gasteiger partial charge in [-0.1, -0.05) is 12.1 Å². The van der Waals surface area contributed by atoms with E-state index in [2.05, 4.69) is 28.5 Å². The van der Waals surface area contributed by atoms with Crippen LogP contribution in [0.25, 0.3) is 0 Å². The Balaban J connectivity index is 1.40. The summed E-state index contributed by atoms with van der Waals surface area (Å²) < 4.78 is 27.3. The summed E-state index contributed by atoms with van der Waals surface area (Å²) in [6.45, 7) is 4.60. The second-order valence-electron chi connectivity index (χ2n) is 8.09. The molecule has 3 aromatic rings. The van der Waals surface area contributed by atoms with Gasteiger partial charge in [-0.2, -0.15) is 0 Å². The van der Waals surface area contributed by atoms with E-state index in [4.69, 9.17) is 4.99 Å². The summed E-state index contributed by atoms with van der Waals surface area (Å²) in [7, 11) is 0. The summed E-state index contributed by atoms with van der Waals surface area (Å²) >= 11 is 1.66. The van der Waals surface area contributed by atoms with Gasteiger partial charge in [0.1, 0.15) is 22.5 Å². The Hall–Kier alpha value is -2.77. The minimum atomic E-state index is -0.278. The molecule has 0 spiro atoms. The number of piperazine rings is 1. The number of anilines is 2. The Morgan fingerprint density at radius 1 is 1.13 bits per heavy atom. The van der Waals surface area contributed by atoms with Crippen LogP contribution in [0.2, 0.25) is 0 Å². The average Bonchev–Trinajstić information content (AvgIpc) is 3.04. The number of amidine groups is 1. The van der Waals surface area contributed by atoms with Gasteiger partial charge < -0.3 is 15.5 Å². The van der Waals surface area contributed by atoms with Crippen LogP contribution in [0.15, 0.2) is 53.5 Å². The topological polar surface area (TPSA) is 39.7 Å². The lowest BCUT2D eigenvalue weighted by Gasteiger charge is -2.36. The van der Waals surface area contributed by atoms with Crippen molar-refractivity contribution in [3.05, 3.63) is 76.2 Å². The smallest absolute Gasteiger partial charge is 0.139 e. The summed E-state index contributed by atoms with van der Waals surface area (Å²) in [5, 5.41) is 7.97. The number of benzene rings is 2. The number of thiophene rings is 1. The Morgan fingerprint density at radius 3 is 2.87 bits per heavy atom. The number of halogens is 2. The van der Waals surface area contributed by atoms with Gasteiger partial charge in [-0.3, -0.25) is 0 Å². The number of aliphatic imine (C=N–C) groups is 1. The molecule has 1 atom stereocenters. The van der Waals surface area contributed by atoms with Gasteiger partial charge in [0.15, 0.2) is 0 Å². The van der Waals surface area contributed by atoms with E-state index in [9.17, 15) is 8.78 Å². The molecule has 4 nitrogen and oxygen atoms in total. The largest absolute Gasteiger partial charge is 0.353 e. The first-order valence-corrected chi connectivity index (χ1v) is 11.4. The minimum Gasteiger partial charge on any atom is -0.353 e. The molecule has 1 unspecified atom stereocenters. The standard InChI is InChI=1S/C24H24F2N4S/c1-15-11-20-23(28-21-8-6-18(26)13-22(21)29-24(20)31-15)30-10-9-27-19(14-30)7-5-16-3-2-4-17(25)12-16/h2-4,6,8,11-13,19,27,29H,5,7,9-10,14H2,1H3. The molecule has 3 heterocycles. The van der Waals surface area contributed by atoms with E-state index >= 15 is 0 Å². The fourth-order valence-electron chi connectivity index (χ4n) is 4.26. The lowest BCUT2D eigenvalue weighted by atomic mass is 10.0. The van der Waals surface area contributed by atoms with Crippen LogP contribution in [-0.4, -0.2) is 36.4 Å². The molecule has 31 heavy (non-hydrogen) atoms. The van der Waals surface area contributed by atoms with E-state index < -0.39 is 0 Å². The maximum Gasteiger partial charge on any atom is 0.139 e. The fraction of sp³-hybridized carbons (Fsp3) is 0.292. The van der Waals surface area contributed by atoms with Gasteiger partial charge in [-0.05, 0) is 61.7 Å². The zero-order chi connectivity index (χ0) is 21.4. The predicted molar refractivity (Wildman–Crippen MR) is 123 cm³/mol. The van der Waals surface area contributed by atoms with Gasteiger partial charge in [0.25, 0.3) is 0 Å². The molecule has 2 aromatic carbocycles. The highest BCUT2D eigenvalue weighted by molar-refractivity contribution is 7.16. The van der Waals surface area contributed by atoms with Crippen molar-refractivity contribution in [3.8, 4) is 0 Å². The third-order valence-electron chi connectivity index (χ3n) is 5.75. The molecule has 1 aromatic heterocycles. The minimum absolute atomic E-state index is 0.188. The first kappa shape index (κ1) is 20.2. The maximum absolute atomic E-state index is 13.8. The Labute approximate surface area is 184 Å². The third kappa shape index (κ3) is 4.34. The van der Waals surface area contributed by atoms with E-state index in [1.165, 1.54) is 23.1 Å². The number of fused-ring (bicyclic) bond motifs is 2. The normalized spacial score (nSPS) is 18.0. The van der Waals surface area contributed by atoms with Crippen molar-refractivity contribution in [2.45, 2.75) is 25.8 Å². The quantitative estimate of drug-likeness (QED) is 0.577. The second-order valence-corrected chi connectivity index (χ2v) is 9.34. The van der Waals surface area contributed by atoms with Crippen molar-refractivity contribution in [2.75, 3.05) is 25.0 Å². The highest BCUT2D eigenvalue weighted by atomic mass is 32.1. The van der Waals surface area contributed by atoms with Crippen molar-refractivity contribution < 1.29 is 8.78 Å². The van der Waals surface area contributed by atoms with Crippen LogP contribution in [0.4, 0.5) is 25.2 Å². The van der Waals surface area contributed by atoms with Gasteiger partial charge in [-0.15, -0.1) is 11.3 Å². The first-order valence-electron chi connectivity index (χ1n) is 10.5. The second kappa shape index (κ2) is 8.40. The van der Waals surface area contributed by atoms with Crippen molar-refractivity contribution in [1.29, 1.82) is 0 Å². The predicted octanol–water partition coefficient (Wildman–Crippen LogP) is 5.38. The van der Waals surface area contributed by atoms with Crippen LogP contribution < -0.4 is 10.6 Å². The molecule has 2 aliphatic rings. The van der Waals surface area contributed by atoms with Crippen LogP contribution in [0, 0.1) is 18.6 Å². The summed E-state index contributed by atoms with van der Waals surface area (Å²) in [4.78, 5) is 8.47. The number of rotatable bonds is 3. The Kier molecular flexibility index (Phi) is 5.46. The Morgan fingerprint density at radius 2 is 2.00 bits per heavy atom. The fourth-order valence-corrected chi connectivity index (χ4v) is 5.18. The number of aryl methyl sites for hydroxylation is 2. The summed E-state index contributed by atoms with van der Waals surface area (Å²) in [5.41, 5.74) is 3.51. The lowest BCUT2D eigenvalue weighted by molar-refractivity contribution is 0.282. The molecule has 0 amide bonds. The van der Waals surface area contributed by atoms with Crippen LogP contribution in [0.5, 0.6) is 0 Å². The molecule has 1 fully saturated rings. The summed E-state index contributed by atoms with van der Waals surface area (Å²) in [5.74, 6) is 0.459. The molecular weight excluding hydrogens is 414 g/mol. The van der Waals surface area contributed by atoms with E-state index in [0.717, 1.165) is 60.1 Å². The maximum atomic E-state index is 13.8. The average molecular weight is 439 g/mol. The summed E-state index contributed by atoms with van der Waals surface area (Å²) in [6, 6.07) is 13.9. The Bertz CT molecular complexity index is 1140. The third-order valence-corrected chi connectivity index (χ3v) is 6.72. The highest BCUT2D eigenvalue weighted by Gasteiger charge is 2.27. The SMILES string of the molecule is Cc1cc2c(s1)Nc1cc(F)ccc1N=C2N1CCNC(CCc2cccc(F)c2)C1. The molecule has 2 N–H and O–H groups in total. The van der Waals surface area contributed by atoms with Crippen LogP contribution in [-0.2, 0) is 6.42 Å². The van der Waals surface area contributed by atoms with Crippen LogP contribution in [0.3, 0.4) is 0 Å². The van der Waals surface area contributed by atoms with Crippen molar-refractivity contribution in [2.24, 2.45) is 4.99 Å². The molecule has 0 radical (unpaired) electrons. The van der Waals surface area contributed by atoms with Gasteiger partial charge >= 0.3 is 0 Å². The highest BCUT2D eigenvalue weighted by Crippen LogP contribution is 2.39. The number of hydrogen-bond acceptors (Lipinski definition) is 5. The number of nitrogens with one attached hydrogen (secondary N) is 2. The molecule has 2 aliphatic heterocycles. The van der Waals surface area contributed by atoms with Crippen molar-refractivity contribution in [1.82, 2.24) is 10.2 Å². The van der Waals surface area contributed by atoms with Crippen molar-refractivity contribution in [3.63, 3.8) is 0 Å². The lowest BCUT2D eigenvalue weighted by Crippen LogP contribution is -2.52.